The molecule has 0 bridgehead atoms. The van der Waals surface area contributed by atoms with Crippen LogP contribution in [0.1, 0.15) is 5.56 Å². The number of phenols is 3. The Kier molecular flexibility index (Phi) is 3.19. The maximum absolute atomic E-state index is 9.34. The minimum atomic E-state index is -0.462. The molecule has 0 saturated heterocycles. The molecule has 7 heteroatoms. The Morgan fingerprint density at radius 2 is 1.73 bits per heavy atom. The number of aromatic hydroxyl groups is 3. The van der Waals surface area contributed by atoms with Gasteiger partial charge in [-0.05, 0) is 6.07 Å². The highest BCUT2D eigenvalue weighted by Gasteiger charge is 2.10. The lowest BCUT2D eigenvalue weighted by molar-refractivity contribution is 0.220. The van der Waals surface area contributed by atoms with Gasteiger partial charge in [0, 0.05) is 18.1 Å². The van der Waals surface area contributed by atoms with E-state index < -0.39 is 11.5 Å². The average Bonchev–Trinajstić information content (AvgIpc) is 2.21. The molecule has 7 nitrogen and oxygen atoms in total. The predicted octanol–water partition coefficient (Wildman–Crippen LogP) is 0.112. The number of rotatable bonds is 2. The number of phenolic OH excluding ortho intramolecular Hbond substituents is 3. The van der Waals surface area contributed by atoms with E-state index in [0.29, 0.717) is 0 Å². The number of hydroxylamine groups is 1. The van der Waals surface area contributed by atoms with Crippen molar-refractivity contribution in [3.05, 3.63) is 17.7 Å². The molecule has 0 unspecified atom stereocenters. The van der Waals surface area contributed by atoms with Crippen LogP contribution in [0.2, 0.25) is 0 Å². The summed E-state index contributed by atoms with van der Waals surface area (Å²) in [6, 6.07) is 2.03. The van der Waals surface area contributed by atoms with E-state index in [4.69, 9.17) is 20.6 Å². The Balaban J connectivity index is 3.00. The molecule has 6 N–H and O–H groups in total. The molecular formula is C8H10N2O5. The van der Waals surface area contributed by atoms with Crippen molar-refractivity contribution in [2.24, 2.45) is 5.16 Å². The summed E-state index contributed by atoms with van der Waals surface area (Å²) in [4.78, 5) is 0. The first-order valence-electron chi connectivity index (χ1n) is 3.93. The zero-order valence-electron chi connectivity index (χ0n) is 7.55. The fraction of sp³-hybridized carbons (Fsp3) is 0.125. The van der Waals surface area contributed by atoms with Gasteiger partial charge in [-0.15, -0.1) is 0 Å². The van der Waals surface area contributed by atoms with E-state index in [-0.39, 0.29) is 23.6 Å². The fourth-order valence-electron chi connectivity index (χ4n) is 1.03. The van der Waals surface area contributed by atoms with Gasteiger partial charge in [-0.1, -0.05) is 5.16 Å². The van der Waals surface area contributed by atoms with Gasteiger partial charge in [0.2, 0.25) is 0 Å². The second-order valence-electron chi connectivity index (χ2n) is 2.80. The molecule has 82 valence electrons. The third-order valence-corrected chi connectivity index (χ3v) is 1.78. The molecule has 15 heavy (non-hydrogen) atoms. The molecule has 0 aliphatic carbocycles. The van der Waals surface area contributed by atoms with Crippen LogP contribution in [-0.4, -0.2) is 31.6 Å². The van der Waals surface area contributed by atoms with E-state index >= 15 is 0 Å². The van der Waals surface area contributed by atoms with E-state index in [1.165, 1.54) is 0 Å². The van der Waals surface area contributed by atoms with Crippen molar-refractivity contribution in [2.45, 2.75) is 6.42 Å². The summed E-state index contributed by atoms with van der Waals surface area (Å²) in [6.45, 7) is 0. The molecule has 1 rings (SSSR count). The van der Waals surface area contributed by atoms with E-state index in [2.05, 4.69) is 5.16 Å². The fourth-order valence-corrected chi connectivity index (χ4v) is 1.03. The van der Waals surface area contributed by atoms with Crippen molar-refractivity contribution in [3.8, 4) is 17.2 Å². The van der Waals surface area contributed by atoms with Gasteiger partial charge in [-0.2, -0.15) is 0 Å². The molecule has 0 aliphatic rings. The maximum Gasteiger partial charge on any atom is 0.169 e. The first-order chi connectivity index (χ1) is 7.08. The van der Waals surface area contributed by atoms with Gasteiger partial charge in [0.1, 0.15) is 5.75 Å². The number of nitrogens with zero attached hydrogens (tertiary/aromatic N) is 1. The lowest BCUT2D eigenvalue weighted by Gasteiger charge is -2.06. The number of nitrogens with one attached hydrogen (secondary N) is 1. The summed E-state index contributed by atoms with van der Waals surface area (Å²) in [5, 5.41) is 47.0. The zero-order chi connectivity index (χ0) is 11.4. The Morgan fingerprint density at radius 3 is 2.27 bits per heavy atom. The van der Waals surface area contributed by atoms with Crippen LogP contribution in [0.5, 0.6) is 17.2 Å². The van der Waals surface area contributed by atoms with Crippen LogP contribution in [-0.2, 0) is 6.42 Å². The molecule has 0 heterocycles. The number of amidine groups is 1. The van der Waals surface area contributed by atoms with Crippen molar-refractivity contribution >= 4 is 5.84 Å². The first kappa shape index (κ1) is 10.9. The molecule has 1 aromatic carbocycles. The SMILES string of the molecule is ON=C(Cc1cc(O)c(O)cc1O)NO. The summed E-state index contributed by atoms with van der Waals surface area (Å²) in [5.74, 6) is -1.38. The molecule has 0 fully saturated rings. The number of hydrogen-bond donors (Lipinski definition) is 6. The Morgan fingerprint density at radius 1 is 1.13 bits per heavy atom. The monoisotopic (exact) mass is 214 g/mol. The van der Waals surface area contributed by atoms with E-state index in [0.717, 1.165) is 12.1 Å². The van der Waals surface area contributed by atoms with Crippen molar-refractivity contribution in [3.63, 3.8) is 0 Å². The standard InChI is InChI=1S/C8H10N2O5/c11-5-3-7(13)6(12)1-4(5)2-8(9-14)10-15/h1,3,11-15H,2H2,(H,9,10). The van der Waals surface area contributed by atoms with Gasteiger partial charge in [-0.3, -0.25) is 10.7 Å². The quantitative estimate of drug-likeness (QED) is 0.104. The number of benzene rings is 1. The predicted molar refractivity (Wildman–Crippen MR) is 49.3 cm³/mol. The Hall–Kier alpha value is -2.15. The Labute approximate surface area is 84.5 Å². The van der Waals surface area contributed by atoms with Crippen LogP contribution in [0.3, 0.4) is 0 Å². The average molecular weight is 214 g/mol. The van der Waals surface area contributed by atoms with Crippen LogP contribution in [0.4, 0.5) is 0 Å². The highest BCUT2D eigenvalue weighted by Crippen LogP contribution is 2.32. The van der Waals surface area contributed by atoms with Gasteiger partial charge in [0.25, 0.3) is 0 Å². The summed E-state index contributed by atoms with van der Waals surface area (Å²) < 4.78 is 0. The minimum absolute atomic E-state index is 0.132. The van der Waals surface area contributed by atoms with Crippen molar-refractivity contribution < 1.29 is 25.7 Å². The van der Waals surface area contributed by atoms with Crippen molar-refractivity contribution in [1.82, 2.24) is 5.48 Å². The smallest absolute Gasteiger partial charge is 0.169 e. The van der Waals surface area contributed by atoms with Crippen LogP contribution in [0.25, 0.3) is 0 Å². The lowest BCUT2D eigenvalue weighted by atomic mass is 10.1. The summed E-state index contributed by atoms with van der Waals surface area (Å²) in [6.07, 6.45) is -0.132. The molecule has 0 saturated carbocycles. The Bertz CT molecular complexity index is 391. The molecule has 0 amide bonds. The number of oxime groups is 1. The van der Waals surface area contributed by atoms with Gasteiger partial charge >= 0.3 is 0 Å². The van der Waals surface area contributed by atoms with Gasteiger partial charge in [0.15, 0.2) is 17.3 Å². The second kappa shape index (κ2) is 4.38. The van der Waals surface area contributed by atoms with E-state index in [1.807, 2.05) is 0 Å². The molecular weight excluding hydrogens is 204 g/mol. The topological polar surface area (TPSA) is 126 Å². The summed E-state index contributed by atoms with van der Waals surface area (Å²) in [7, 11) is 0. The highest BCUT2D eigenvalue weighted by molar-refractivity contribution is 5.83. The third-order valence-electron chi connectivity index (χ3n) is 1.78. The molecule has 0 aromatic heterocycles. The molecule has 0 radical (unpaired) electrons. The highest BCUT2D eigenvalue weighted by atomic mass is 16.5. The van der Waals surface area contributed by atoms with E-state index in [9.17, 15) is 5.11 Å². The summed E-state index contributed by atoms with van der Waals surface area (Å²) in [5.41, 5.74) is 1.79. The molecule has 0 spiro atoms. The minimum Gasteiger partial charge on any atom is -0.508 e. The van der Waals surface area contributed by atoms with Gasteiger partial charge < -0.3 is 20.5 Å². The zero-order valence-corrected chi connectivity index (χ0v) is 7.55. The van der Waals surface area contributed by atoms with E-state index in [1.54, 1.807) is 5.48 Å². The number of hydrogen-bond acceptors (Lipinski definition) is 6. The van der Waals surface area contributed by atoms with Crippen molar-refractivity contribution in [1.29, 1.82) is 0 Å². The molecule has 0 aliphatic heterocycles. The van der Waals surface area contributed by atoms with Crippen LogP contribution >= 0.6 is 0 Å². The molecule has 1 aromatic rings. The normalized spacial score (nSPS) is 11.4. The van der Waals surface area contributed by atoms with Crippen LogP contribution in [0, 0.1) is 0 Å². The summed E-state index contributed by atoms with van der Waals surface area (Å²) >= 11 is 0. The van der Waals surface area contributed by atoms with Crippen LogP contribution < -0.4 is 5.48 Å². The van der Waals surface area contributed by atoms with Crippen molar-refractivity contribution in [2.75, 3.05) is 0 Å². The first-order valence-corrected chi connectivity index (χ1v) is 3.93. The van der Waals surface area contributed by atoms with Gasteiger partial charge in [-0.25, -0.2) is 0 Å². The third kappa shape index (κ3) is 2.41. The lowest BCUT2D eigenvalue weighted by Crippen LogP contribution is -2.21. The second-order valence-corrected chi connectivity index (χ2v) is 2.80. The molecule has 0 atom stereocenters. The largest absolute Gasteiger partial charge is 0.508 e. The van der Waals surface area contributed by atoms with Crippen LogP contribution in [0.15, 0.2) is 17.3 Å². The maximum atomic E-state index is 9.34. The van der Waals surface area contributed by atoms with Gasteiger partial charge in [0.05, 0.1) is 0 Å².